The number of thiophene rings is 1. The van der Waals surface area contributed by atoms with Crippen molar-refractivity contribution >= 4 is 69.2 Å². The van der Waals surface area contributed by atoms with Crippen molar-refractivity contribution in [3.05, 3.63) is 32.0 Å². The summed E-state index contributed by atoms with van der Waals surface area (Å²) in [6, 6.07) is 6.27. The van der Waals surface area contributed by atoms with E-state index in [2.05, 4.69) is 66.0 Å². The van der Waals surface area contributed by atoms with Gasteiger partial charge in [-0.25, -0.2) is 0 Å². The van der Waals surface area contributed by atoms with Gasteiger partial charge in [-0.1, -0.05) is 37.9 Å². The maximum absolute atomic E-state index is 3.61. The summed E-state index contributed by atoms with van der Waals surface area (Å²) < 4.78 is 3.67. The molecule has 0 amide bonds. The van der Waals surface area contributed by atoms with E-state index in [0.29, 0.717) is 0 Å². The number of rotatable bonds is 1. The van der Waals surface area contributed by atoms with Crippen LogP contribution in [0.1, 0.15) is 4.88 Å². The molecule has 1 aromatic heterocycles. The summed E-state index contributed by atoms with van der Waals surface area (Å²) in [5.41, 5.74) is 0. The molecule has 0 saturated carbocycles. The van der Waals surface area contributed by atoms with Gasteiger partial charge >= 0.3 is 0 Å². The SMILES string of the molecule is BrCc1sc2cccc(Br)c2c1Br. The molecule has 1 aromatic carbocycles. The Morgan fingerprint density at radius 2 is 2.00 bits per heavy atom. The van der Waals surface area contributed by atoms with Crippen molar-refractivity contribution in [2.24, 2.45) is 0 Å². The van der Waals surface area contributed by atoms with Crippen molar-refractivity contribution in [3.63, 3.8) is 0 Å². The lowest BCUT2D eigenvalue weighted by atomic mass is 10.2. The van der Waals surface area contributed by atoms with E-state index in [1.54, 1.807) is 0 Å². The molecule has 13 heavy (non-hydrogen) atoms. The number of benzene rings is 1. The van der Waals surface area contributed by atoms with Gasteiger partial charge in [0.15, 0.2) is 0 Å². The smallest absolute Gasteiger partial charge is 0.0413 e. The summed E-state index contributed by atoms with van der Waals surface area (Å²) in [5, 5.41) is 2.18. The van der Waals surface area contributed by atoms with E-state index in [9.17, 15) is 0 Å². The van der Waals surface area contributed by atoms with E-state index in [0.717, 1.165) is 9.80 Å². The van der Waals surface area contributed by atoms with Crippen LogP contribution in [0.25, 0.3) is 10.1 Å². The van der Waals surface area contributed by atoms with E-state index in [-0.39, 0.29) is 0 Å². The van der Waals surface area contributed by atoms with Crippen LogP contribution >= 0.6 is 59.1 Å². The Morgan fingerprint density at radius 1 is 1.23 bits per heavy atom. The molecule has 68 valence electrons. The third-order valence-corrected chi connectivity index (χ3v) is 5.68. The molecule has 0 aliphatic heterocycles. The summed E-state index contributed by atoms with van der Waals surface area (Å²) in [4.78, 5) is 1.34. The lowest BCUT2D eigenvalue weighted by Crippen LogP contribution is -1.70. The minimum Gasteiger partial charge on any atom is -0.138 e. The second-order valence-corrected chi connectivity index (χ2v) is 5.93. The second-order valence-electron chi connectivity index (χ2n) is 2.59. The highest BCUT2D eigenvalue weighted by atomic mass is 79.9. The molecule has 0 atom stereocenters. The van der Waals surface area contributed by atoms with Gasteiger partial charge in [0.25, 0.3) is 0 Å². The number of hydrogen-bond donors (Lipinski definition) is 0. The molecule has 0 aliphatic rings. The highest BCUT2D eigenvalue weighted by Crippen LogP contribution is 2.40. The minimum atomic E-state index is 0.902. The standard InChI is InChI=1S/C9H5Br3S/c10-4-7-9(12)8-5(11)2-1-3-6(8)13-7/h1-3H,4H2. The summed E-state index contributed by atoms with van der Waals surface area (Å²) in [5.74, 6) is 0. The van der Waals surface area contributed by atoms with Crippen molar-refractivity contribution in [1.29, 1.82) is 0 Å². The van der Waals surface area contributed by atoms with E-state index in [1.165, 1.54) is 19.4 Å². The zero-order valence-electron chi connectivity index (χ0n) is 6.48. The third-order valence-electron chi connectivity index (χ3n) is 1.79. The largest absolute Gasteiger partial charge is 0.138 e. The van der Waals surface area contributed by atoms with Gasteiger partial charge in [0, 0.05) is 29.2 Å². The van der Waals surface area contributed by atoms with Crippen molar-refractivity contribution in [2.45, 2.75) is 5.33 Å². The highest BCUT2D eigenvalue weighted by Gasteiger charge is 2.10. The molecule has 0 bridgehead atoms. The lowest BCUT2D eigenvalue weighted by Gasteiger charge is -1.93. The average molecular weight is 385 g/mol. The molecule has 2 rings (SSSR count). The topological polar surface area (TPSA) is 0 Å². The molecule has 0 fully saturated rings. The maximum atomic E-state index is 3.61. The first-order valence-electron chi connectivity index (χ1n) is 3.65. The molecular formula is C9H5Br3S. The molecule has 0 spiro atoms. The van der Waals surface area contributed by atoms with Gasteiger partial charge in [-0.2, -0.15) is 0 Å². The predicted molar refractivity (Wildman–Crippen MR) is 69.9 cm³/mol. The number of alkyl halides is 1. The van der Waals surface area contributed by atoms with Crippen LogP contribution < -0.4 is 0 Å². The van der Waals surface area contributed by atoms with Crippen LogP contribution in [0.15, 0.2) is 27.1 Å². The fraction of sp³-hybridized carbons (Fsp3) is 0.111. The van der Waals surface area contributed by atoms with Gasteiger partial charge in [0.1, 0.15) is 0 Å². The minimum absolute atomic E-state index is 0.902. The van der Waals surface area contributed by atoms with E-state index in [4.69, 9.17) is 0 Å². The zero-order valence-corrected chi connectivity index (χ0v) is 12.1. The highest BCUT2D eigenvalue weighted by molar-refractivity contribution is 9.11. The summed E-state index contributed by atoms with van der Waals surface area (Å²) in [6.45, 7) is 0. The Labute approximate surface area is 106 Å². The van der Waals surface area contributed by atoms with Crippen molar-refractivity contribution in [1.82, 2.24) is 0 Å². The molecule has 1 heterocycles. The fourth-order valence-electron chi connectivity index (χ4n) is 1.21. The van der Waals surface area contributed by atoms with Crippen LogP contribution in [0, 0.1) is 0 Å². The Morgan fingerprint density at radius 3 is 2.62 bits per heavy atom. The molecule has 0 aliphatic carbocycles. The molecule has 4 heteroatoms. The van der Waals surface area contributed by atoms with Crippen molar-refractivity contribution < 1.29 is 0 Å². The zero-order chi connectivity index (χ0) is 9.42. The van der Waals surface area contributed by atoms with E-state index >= 15 is 0 Å². The molecule has 0 radical (unpaired) electrons. The van der Waals surface area contributed by atoms with Gasteiger partial charge in [-0.05, 0) is 28.1 Å². The quantitative estimate of drug-likeness (QED) is 0.583. The predicted octanol–water partition coefficient (Wildman–Crippen LogP) is 5.32. The maximum Gasteiger partial charge on any atom is 0.0413 e. The van der Waals surface area contributed by atoms with Crippen LogP contribution in [0.4, 0.5) is 0 Å². The van der Waals surface area contributed by atoms with Crippen LogP contribution in [-0.2, 0) is 5.33 Å². The van der Waals surface area contributed by atoms with Crippen molar-refractivity contribution in [2.75, 3.05) is 0 Å². The fourth-order valence-corrected chi connectivity index (χ4v) is 5.08. The van der Waals surface area contributed by atoms with Gasteiger partial charge in [-0.3, -0.25) is 0 Å². The van der Waals surface area contributed by atoms with Gasteiger partial charge in [0.2, 0.25) is 0 Å². The Bertz CT molecular complexity index is 447. The number of halogens is 3. The first-order valence-corrected chi connectivity index (χ1v) is 7.18. The van der Waals surface area contributed by atoms with Crippen LogP contribution in [0.2, 0.25) is 0 Å². The second kappa shape index (κ2) is 4.01. The van der Waals surface area contributed by atoms with Crippen LogP contribution in [0.5, 0.6) is 0 Å². The van der Waals surface area contributed by atoms with Crippen LogP contribution in [-0.4, -0.2) is 0 Å². The molecule has 0 N–H and O–H groups in total. The molecule has 0 nitrogen and oxygen atoms in total. The Balaban J connectivity index is 2.85. The Hall–Kier alpha value is 0.620. The molecular weight excluding hydrogens is 380 g/mol. The first-order chi connectivity index (χ1) is 6.24. The monoisotopic (exact) mass is 382 g/mol. The van der Waals surface area contributed by atoms with Gasteiger partial charge < -0.3 is 0 Å². The number of hydrogen-bond acceptors (Lipinski definition) is 1. The normalized spacial score (nSPS) is 11.0. The number of fused-ring (bicyclic) bond motifs is 1. The molecule has 0 unspecified atom stereocenters. The third kappa shape index (κ3) is 1.74. The van der Waals surface area contributed by atoms with Crippen LogP contribution in [0.3, 0.4) is 0 Å². The summed E-state index contributed by atoms with van der Waals surface area (Å²) >= 11 is 12.5. The first kappa shape index (κ1) is 10.1. The Kier molecular flexibility index (Phi) is 3.13. The average Bonchev–Trinajstić information content (AvgIpc) is 2.44. The molecule has 2 aromatic rings. The summed E-state index contributed by atoms with van der Waals surface area (Å²) in [6.07, 6.45) is 0. The molecule has 0 saturated heterocycles. The van der Waals surface area contributed by atoms with Crippen molar-refractivity contribution in [3.8, 4) is 0 Å². The van der Waals surface area contributed by atoms with Gasteiger partial charge in [0.05, 0.1) is 0 Å². The van der Waals surface area contributed by atoms with Gasteiger partial charge in [-0.15, -0.1) is 11.3 Å². The van der Waals surface area contributed by atoms with E-state index in [1.807, 2.05) is 11.3 Å². The van der Waals surface area contributed by atoms with E-state index < -0.39 is 0 Å². The lowest BCUT2D eigenvalue weighted by molar-refractivity contribution is 1.55. The summed E-state index contributed by atoms with van der Waals surface area (Å²) in [7, 11) is 0.